The van der Waals surface area contributed by atoms with Gasteiger partial charge in [-0.05, 0) is 49.8 Å². The molecule has 0 aliphatic heterocycles. The molecule has 0 bridgehead atoms. The van der Waals surface area contributed by atoms with Crippen molar-refractivity contribution < 1.29 is 0 Å². The van der Waals surface area contributed by atoms with Crippen molar-refractivity contribution in [1.29, 1.82) is 0 Å². The topological polar surface area (TPSA) is 24.9 Å². The number of fused-ring (bicyclic) bond motifs is 1. The quantitative estimate of drug-likeness (QED) is 0.867. The molecule has 1 aromatic carbocycles. The molecule has 0 radical (unpaired) electrons. The van der Waals surface area contributed by atoms with Gasteiger partial charge in [-0.1, -0.05) is 13.3 Å². The molecule has 1 heterocycles. The lowest BCUT2D eigenvalue weighted by Gasteiger charge is -2.29. The molecular weight excluding hydrogens is 240 g/mol. The van der Waals surface area contributed by atoms with Crippen molar-refractivity contribution in [3.63, 3.8) is 0 Å². The Morgan fingerprint density at radius 1 is 1.28 bits per heavy atom. The second-order valence-electron chi connectivity index (χ2n) is 5.31. The summed E-state index contributed by atoms with van der Waals surface area (Å²) >= 11 is 1.72. The van der Waals surface area contributed by atoms with E-state index in [0.29, 0.717) is 6.04 Å². The number of hydrogen-bond donors (Lipinski definition) is 1. The van der Waals surface area contributed by atoms with Crippen LogP contribution in [0.15, 0.2) is 23.7 Å². The van der Waals surface area contributed by atoms with Crippen LogP contribution in [0.1, 0.15) is 39.0 Å². The van der Waals surface area contributed by atoms with E-state index in [1.54, 1.807) is 11.3 Å². The first-order chi connectivity index (χ1) is 8.85. The third-order valence-corrected chi connectivity index (χ3v) is 4.92. The lowest BCUT2D eigenvalue weighted by atomic mass is 9.84. The van der Waals surface area contributed by atoms with Crippen LogP contribution in [-0.2, 0) is 0 Å². The van der Waals surface area contributed by atoms with Crippen LogP contribution in [0, 0.1) is 5.92 Å². The number of nitrogens with zero attached hydrogens (tertiary/aromatic N) is 1. The van der Waals surface area contributed by atoms with Gasteiger partial charge < -0.3 is 5.32 Å². The molecular formula is C15H20N2S. The van der Waals surface area contributed by atoms with Crippen molar-refractivity contribution in [2.45, 2.75) is 45.1 Å². The minimum atomic E-state index is 0.665. The molecule has 2 aromatic rings. The maximum atomic E-state index is 4.32. The van der Waals surface area contributed by atoms with Crippen LogP contribution in [-0.4, -0.2) is 11.0 Å². The van der Waals surface area contributed by atoms with E-state index in [4.69, 9.17) is 0 Å². The highest BCUT2D eigenvalue weighted by atomic mass is 32.1. The number of benzene rings is 1. The molecule has 1 saturated carbocycles. The van der Waals surface area contributed by atoms with E-state index < -0.39 is 0 Å². The molecule has 1 fully saturated rings. The van der Waals surface area contributed by atoms with Crippen molar-refractivity contribution in [3.8, 4) is 0 Å². The first-order valence-electron chi connectivity index (χ1n) is 6.95. The number of nitrogens with one attached hydrogen (secondary N) is 1. The standard InChI is InChI=1S/C15H20N2S/c1-2-11-3-5-12(6-4-11)17-13-7-8-14-15(9-13)18-10-16-14/h7-12,17H,2-6H2,1H3. The highest BCUT2D eigenvalue weighted by molar-refractivity contribution is 7.16. The van der Waals surface area contributed by atoms with E-state index in [0.717, 1.165) is 11.4 Å². The van der Waals surface area contributed by atoms with Gasteiger partial charge in [0.25, 0.3) is 0 Å². The summed E-state index contributed by atoms with van der Waals surface area (Å²) in [5.74, 6) is 0.965. The fourth-order valence-corrected chi connectivity index (χ4v) is 3.61. The lowest BCUT2D eigenvalue weighted by molar-refractivity contribution is 0.330. The Morgan fingerprint density at radius 3 is 2.89 bits per heavy atom. The van der Waals surface area contributed by atoms with Crippen molar-refractivity contribution in [2.75, 3.05) is 5.32 Å². The summed E-state index contributed by atoms with van der Waals surface area (Å²) in [6, 6.07) is 7.18. The summed E-state index contributed by atoms with van der Waals surface area (Å²) in [6.07, 6.45) is 6.76. The van der Waals surface area contributed by atoms with E-state index in [1.165, 1.54) is 42.5 Å². The molecule has 2 nitrogen and oxygen atoms in total. The van der Waals surface area contributed by atoms with Gasteiger partial charge in [-0.3, -0.25) is 0 Å². The van der Waals surface area contributed by atoms with Crippen molar-refractivity contribution in [2.24, 2.45) is 5.92 Å². The zero-order chi connectivity index (χ0) is 12.4. The summed E-state index contributed by atoms with van der Waals surface area (Å²) in [7, 11) is 0. The summed E-state index contributed by atoms with van der Waals surface area (Å²) in [6.45, 7) is 2.32. The molecule has 96 valence electrons. The normalized spacial score (nSPS) is 24.3. The number of anilines is 1. The molecule has 0 spiro atoms. The summed E-state index contributed by atoms with van der Waals surface area (Å²) < 4.78 is 1.28. The second-order valence-corrected chi connectivity index (χ2v) is 6.19. The highest BCUT2D eigenvalue weighted by Gasteiger charge is 2.19. The van der Waals surface area contributed by atoms with E-state index in [9.17, 15) is 0 Å². The molecule has 1 aliphatic carbocycles. The van der Waals surface area contributed by atoms with Crippen molar-refractivity contribution >= 4 is 27.2 Å². The van der Waals surface area contributed by atoms with Crippen LogP contribution in [0.2, 0.25) is 0 Å². The number of aromatic nitrogens is 1. The molecule has 0 unspecified atom stereocenters. The average molecular weight is 260 g/mol. The van der Waals surface area contributed by atoms with Gasteiger partial charge in [0.2, 0.25) is 0 Å². The molecule has 0 atom stereocenters. The van der Waals surface area contributed by atoms with Crippen LogP contribution < -0.4 is 5.32 Å². The lowest BCUT2D eigenvalue weighted by Crippen LogP contribution is -2.25. The Labute approximate surface area is 112 Å². The third-order valence-electron chi connectivity index (χ3n) is 4.13. The predicted octanol–water partition coefficient (Wildman–Crippen LogP) is 4.68. The maximum absolute atomic E-state index is 4.32. The smallest absolute Gasteiger partial charge is 0.0813 e. The molecule has 1 aromatic heterocycles. The van der Waals surface area contributed by atoms with Gasteiger partial charge in [0.05, 0.1) is 15.7 Å². The van der Waals surface area contributed by atoms with Crippen molar-refractivity contribution in [1.82, 2.24) is 4.98 Å². The minimum absolute atomic E-state index is 0.665. The highest BCUT2D eigenvalue weighted by Crippen LogP contribution is 2.29. The molecule has 0 amide bonds. The molecule has 0 saturated heterocycles. The molecule has 1 N–H and O–H groups in total. The molecule has 3 heteroatoms. The third kappa shape index (κ3) is 2.51. The first-order valence-corrected chi connectivity index (χ1v) is 7.83. The number of thiazole rings is 1. The van der Waals surface area contributed by atoms with E-state index in [2.05, 4.69) is 35.4 Å². The van der Waals surface area contributed by atoms with Gasteiger partial charge in [0, 0.05) is 11.7 Å². The Balaban J connectivity index is 1.65. The fraction of sp³-hybridized carbons (Fsp3) is 0.533. The fourth-order valence-electron chi connectivity index (χ4n) is 2.90. The number of rotatable bonds is 3. The minimum Gasteiger partial charge on any atom is -0.382 e. The second kappa shape index (κ2) is 5.27. The van der Waals surface area contributed by atoms with Gasteiger partial charge >= 0.3 is 0 Å². The van der Waals surface area contributed by atoms with Gasteiger partial charge in [-0.25, -0.2) is 4.98 Å². The Hall–Kier alpha value is -1.09. The molecule has 18 heavy (non-hydrogen) atoms. The molecule has 3 rings (SSSR count). The van der Waals surface area contributed by atoms with Gasteiger partial charge in [0.15, 0.2) is 0 Å². The van der Waals surface area contributed by atoms with Gasteiger partial charge in [-0.15, -0.1) is 11.3 Å². The Morgan fingerprint density at radius 2 is 2.11 bits per heavy atom. The largest absolute Gasteiger partial charge is 0.382 e. The van der Waals surface area contributed by atoms with E-state index in [1.807, 2.05) is 5.51 Å². The van der Waals surface area contributed by atoms with Crippen LogP contribution in [0.3, 0.4) is 0 Å². The van der Waals surface area contributed by atoms with Crippen LogP contribution in [0.5, 0.6) is 0 Å². The van der Waals surface area contributed by atoms with Crippen molar-refractivity contribution in [3.05, 3.63) is 23.7 Å². The first kappa shape index (κ1) is 12.0. The van der Waals surface area contributed by atoms with Crippen LogP contribution in [0.4, 0.5) is 5.69 Å². The zero-order valence-corrected chi connectivity index (χ0v) is 11.7. The maximum Gasteiger partial charge on any atom is 0.0813 e. The predicted molar refractivity (Wildman–Crippen MR) is 79.3 cm³/mol. The van der Waals surface area contributed by atoms with Gasteiger partial charge in [0.1, 0.15) is 0 Å². The SMILES string of the molecule is CCC1CCC(Nc2ccc3ncsc3c2)CC1. The summed E-state index contributed by atoms with van der Waals surface area (Å²) in [5.41, 5.74) is 4.29. The van der Waals surface area contributed by atoms with Crippen LogP contribution >= 0.6 is 11.3 Å². The van der Waals surface area contributed by atoms with E-state index in [-0.39, 0.29) is 0 Å². The zero-order valence-electron chi connectivity index (χ0n) is 10.9. The Bertz CT molecular complexity index is 512. The van der Waals surface area contributed by atoms with E-state index >= 15 is 0 Å². The summed E-state index contributed by atoms with van der Waals surface area (Å²) in [5, 5.41) is 3.69. The molecule has 1 aliphatic rings. The number of hydrogen-bond acceptors (Lipinski definition) is 3. The van der Waals surface area contributed by atoms with Gasteiger partial charge in [-0.2, -0.15) is 0 Å². The average Bonchev–Trinajstić information content (AvgIpc) is 2.87. The monoisotopic (exact) mass is 260 g/mol. The Kier molecular flexibility index (Phi) is 3.50. The van der Waals surface area contributed by atoms with Crippen LogP contribution in [0.25, 0.3) is 10.2 Å². The summed E-state index contributed by atoms with van der Waals surface area (Å²) in [4.78, 5) is 4.32.